The van der Waals surface area contributed by atoms with Crippen molar-refractivity contribution >= 4 is 11.9 Å². The lowest BCUT2D eigenvalue weighted by molar-refractivity contribution is -0.143. The molecule has 1 amide bonds. The number of ether oxygens (including phenoxy) is 1. The summed E-state index contributed by atoms with van der Waals surface area (Å²) in [7, 11) is 0. The highest BCUT2D eigenvalue weighted by Crippen LogP contribution is 2.15. The van der Waals surface area contributed by atoms with Gasteiger partial charge in [-0.25, -0.2) is 0 Å². The number of hydrogen-bond acceptors (Lipinski definition) is 5. The molecular weight excluding hydrogens is 839 g/mol. The van der Waals surface area contributed by atoms with E-state index in [4.69, 9.17) is 4.74 Å². The normalized spacial score (nSPS) is 13.1. The third-order valence-corrected chi connectivity index (χ3v) is 13.3. The monoisotopic (exact) mass is 952 g/mol. The van der Waals surface area contributed by atoms with E-state index in [2.05, 4.69) is 67.8 Å². The molecule has 0 aliphatic carbocycles. The average Bonchev–Trinajstić information content (AvgIpc) is 3.34. The fourth-order valence-electron chi connectivity index (χ4n) is 8.69. The first kappa shape index (κ1) is 65.6. The lowest BCUT2D eigenvalue weighted by atomic mass is 10.0. The molecule has 2 unspecified atom stereocenters. The van der Waals surface area contributed by atoms with Crippen LogP contribution < -0.4 is 5.32 Å². The van der Waals surface area contributed by atoms with Gasteiger partial charge in [-0.1, -0.05) is 248 Å². The Morgan fingerprint density at radius 3 is 1.15 bits per heavy atom. The third kappa shape index (κ3) is 52.9. The first-order valence-corrected chi connectivity index (χ1v) is 29.6. The van der Waals surface area contributed by atoms with Crippen molar-refractivity contribution < 1.29 is 24.5 Å². The first-order valence-electron chi connectivity index (χ1n) is 29.6. The Kier molecular flexibility index (Phi) is 55.1. The third-order valence-electron chi connectivity index (χ3n) is 13.3. The van der Waals surface area contributed by atoms with Crippen molar-refractivity contribution in [1.29, 1.82) is 0 Å². The van der Waals surface area contributed by atoms with Crippen molar-refractivity contribution in [3.63, 3.8) is 0 Å². The van der Waals surface area contributed by atoms with Gasteiger partial charge in [0.05, 0.1) is 25.4 Å². The van der Waals surface area contributed by atoms with E-state index >= 15 is 0 Å². The van der Waals surface area contributed by atoms with Crippen LogP contribution in [0.5, 0.6) is 0 Å². The van der Waals surface area contributed by atoms with Crippen LogP contribution in [0.2, 0.25) is 0 Å². The van der Waals surface area contributed by atoms with Crippen molar-refractivity contribution in [3.05, 3.63) is 60.8 Å². The van der Waals surface area contributed by atoms with Crippen molar-refractivity contribution in [2.75, 3.05) is 13.2 Å². The van der Waals surface area contributed by atoms with Gasteiger partial charge in [0.2, 0.25) is 5.91 Å². The minimum atomic E-state index is -0.848. The van der Waals surface area contributed by atoms with Crippen molar-refractivity contribution in [3.8, 4) is 0 Å². The van der Waals surface area contributed by atoms with Gasteiger partial charge in [-0.15, -0.1) is 0 Å². The average molecular weight is 953 g/mol. The molecule has 0 fully saturated rings. The summed E-state index contributed by atoms with van der Waals surface area (Å²) in [5.74, 6) is -0.0828. The molecule has 0 spiro atoms. The van der Waals surface area contributed by atoms with Crippen LogP contribution in [0.25, 0.3) is 0 Å². The summed E-state index contributed by atoms with van der Waals surface area (Å²) in [6.45, 7) is 4.85. The molecule has 0 radical (unpaired) electrons. The SMILES string of the molecule is CCCCC/C=C\C/C=C\CCCCCCCC(=O)OCCCCCCCCCCC/C=C\C/C=C\CCCCCCCCCCCC(=O)NC(CO)C(O)/C=C/CCCCCCCCCCC. The van der Waals surface area contributed by atoms with E-state index in [9.17, 15) is 19.8 Å². The Morgan fingerprint density at radius 1 is 0.412 bits per heavy atom. The van der Waals surface area contributed by atoms with Gasteiger partial charge in [0.15, 0.2) is 0 Å². The Balaban J connectivity index is 3.45. The van der Waals surface area contributed by atoms with Crippen LogP contribution in [-0.4, -0.2) is 47.4 Å². The summed E-state index contributed by atoms with van der Waals surface area (Å²) < 4.78 is 5.47. The number of amides is 1. The van der Waals surface area contributed by atoms with E-state index in [1.807, 2.05) is 6.08 Å². The molecule has 0 rings (SSSR count). The molecule has 396 valence electrons. The zero-order chi connectivity index (χ0) is 49.3. The van der Waals surface area contributed by atoms with Gasteiger partial charge in [-0.3, -0.25) is 9.59 Å². The number of unbranched alkanes of at least 4 members (excludes halogenated alkanes) is 35. The van der Waals surface area contributed by atoms with Gasteiger partial charge >= 0.3 is 5.97 Å². The number of aliphatic hydroxyl groups is 2. The largest absolute Gasteiger partial charge is 0.466 e. The second-order valence-corrected chi connectivity index (χ2v) is 20.0. The molecule has 68 heavy (non-hydrogen) atoms. The topological polar surface area (TPSA) is 95.9 Å². The molecule has 0 heterocycles. The molecule has 0 aliphatic heterocycles. The van der Waals surface area contributed by atoms with E-state index in [1.54, 1.807) is 6.08 Å². The fraction of sp³-hybridized carbons (Fsp3) is 0.806. The molecule has 0 saturated carbocycles. The standard InChI is InChI=1S/C62H113NO5/c1-3-5-7-9-11-13-15-16-28-32-36-40-44-48-52-56-62(67)68-57-53-49-45-41-37-33-30-27-25-23-21-19-17-18-20-22-24-26-29-31-35-39-43-47-51-55-61(66)63-59(58-64)60(65)54-50-46-42-38-34-14-12-10-8-6-4-2/h11,13,16,18-21,28,50,54,59-60,64-65H,3-10,12,14-15,17,22-27,29-49,51-53,55-58H2,1-2H3,(H,63,66)/b13-11-,20-18-,21-19-,28-16-,54-50+. The summed E-state index contributed by atoms with van der Waals surface area (Å²) in [5.41, 5.74) is 0. The van der Waals surface area contributed by atoms with Crippen LogP contribution in [0.3, 0.4) is 0 Å². The van der Waals surface area contributed by atoms with Gasteiger partial charge < -0.3 is 20.3 Å². The van der Waals surface area contributed by atoms with Gasteiger partial charge in [0.25, 0.3) is 0 Å². The summed E-state index contributed by atoms with van der Waals surface area (Å²) in [4.78, 5) is 24.5. The van der Waals surface area contributed by atoms with Crippen LogP contribution in [0.4, 0.5) is 0 Å². The molecule has 6 nitrogen and oxygen atoms in total. The van der Waals surface area contributed by atoms with E-state index in [1.165, 1.54) is 205 Å². The number of hydrogen-bond donors (Lipinski definition) is 3. The maximum Gasteiger partial charge on any atom is 0.305 e. The molecule has 0 bridgehead atoms. The Hall–Kier alpha value is -2.44. The Morgan fingerprint density at radius 2 is 0.735 bits per heavy atom. The van der Waals surface area contributed by atoms with Crippen molar-refractivity contribution in [1.82, 2.24) is 5.32 Å². The Labute approximate surface area is 422 Å². The fourth-order valence-corrected chi connectivity index (χ4v) is 8.69. The number of carbonyl (C=O) groups is 2. The van der Waals surface area contributed by atoms with E-state index in [0.29, 0.717) is 19.4 Å². The van der Waals surface area contributed by atoms with Gasteiger partial charge in [0, 0.05) is 12.8 Å². The number of rotatable bonds is 54. The smallest absolute Gasteiger partial charge is 0.305 e. The lowest BCUT2D eigenvalue weighted by Crippen LogP contribution is -2.45. The highest BCUT2D eigenvalue weighted by molar-refractivity contribution is 5.76. The summed E-state index contributed by atoms with van der Waals surface area (Å²) in [6, 6.07) is -0.632. The van der Waals surface area contributed by atoms with Crippen LogP contribution in [0.1, 0.15) is 296 Å². The summed E-state index contributed by atoms with van der Waals surface area (Å²) >= 11 is 0. The minimum Gasteiger partial charge on any atom is -0.466 e. The van der Waals surface area contributed by atoms with Crippen LogP contribution in [0, 0.1) is 0 Å². The number of aliphatic hydroxyl groups excluding tert-OH is 2. The van der Waals surface area contributed by atoms with Crippen molar-refractivity contribution in [2.24, 2.45) is 0 Å². The van der Waals surface area contributed by atoms with E-state index in [0.717, 1.165) is 64.2 Å². The second kappa shape index (κ2) is 57.1. The predicted octanol–water partition coefficient (Wildman–Crippen LogP) is 18.4. The highest BCUT2D eigenvalue weighted by atomic mass is 16.5. The van der Waals surface area contributed by atoms with E-state index in [-0.39, 0.29) is 18.5 Å². The molecule has 0 aromatic carbocycles. The van der Waals surface area contributed by atoms with Crippen LogP contribution in [0.15, 0.2) is 60.8 Å². The van der Waals surface area contributed by atoms with Gasteiger partial charge in [-0.05, 0) is 96.3 Å². The van der Waals surface area contributed by atoms with Crippen molar-refractivity contribution in [2.45, 2.75) is 309 Å². The molecular formula is C62H113NO5. The molecule has 0 saturated heterocycles. The molecule has 0 aliphatic rings. The summed E-state index contributed by atoms with van der Waals surface area (Å²) in [6.07, 6.45) is 73.9. The Bertz CT molecular complexity index is 1190. The maximum atomic E-state index is 12.4. The second-order valence-electron chi connectivity index (χ2n) is 20.0. The number of carbonyl (C=O) groups excluding carboxylic acids is 2. The van der Waals surface area contributed by atoms with Gasteiger partial charge in [0.1, 0.15) is 0 Å². The summed E-state index contributed by atoms with van der Waals surface area (Å²) in [5, 5.41) is 23.0. The number of allylic oxidation sites excluding steroid dienone is 9. The van der Waals surface area contributed by atoms with Gasteiger partial charge in [-0.2, -0.15) is 0 Å². The lowest BCUT2D eigenvalue weighted by Gasteiger charge is -2.20. The number of esters is 1. The first-order chi connectivity index (χ1) is 33.5. The number of nitrogens with one attached hydrogen (secondary N) is 1. The van der Waals surface area contributed by atoms with Crippen LogP contribution >= 0.6 is 0 Å². The van der Waals surface area contributed by atoms with E-state index < -0.39 is 12.1 Å². The quantitative estimate of drug-likeness (QED) is 0.0321. The highest BCUT2D eigenvalue weighted by Gasteiger charge is 2.18. The zero-order valence-electron chi connectivity index (χ0n) is 45.1. The van der Waals surface area contributed by atoms with Crippen LogP contribution in [-0.2, 0) is 14.3 Å². The molecule has 0 aromatic heterocycles. The predicted molar refractivity (Wildman–Crippen MR) is 296 cm³/mol. The maximum absolute atomic E-state index is 12.4. The molecule has 6 heteroatoms. The molecule has 2 atom stereocenters. The molecule has 0 aromatic rings. The molecule has 3 N–H and O–H groups in total. The zero-order valence-corrected chi connectivity index (χ0v) is 45.1. The minimum absolute atomic E-state index is 0.00635.